The largest absolute Gasteiger partial charge is 0.383 e. The van der Waals surface area contributed by atoms with Gasteiger partial charge in [-0.05, 0) is 30.9 Å². The van der Waals surface area contributed by atoms with E-state index < -0.39 is 0 Å². The van der Waals surface area contributed by atoms with Crippen LogP contribution in [0.4, 0.5) is 16.3 Å². The Labute approximate surface area is 206 Å². The van der Waals surface area contributed by atoms with Crippen molar-refractivity contribution in [1.29, 1.82) is 0 Å². The number of anilines is 2. The highest BCUT2D eigenvalue weighted by Crippen LogP contribution is 2.37. The number of aryl methyl sites for hydroxylation is 1. The summed E-state index contributed by atoms with van der Waals surface area (Å²) in [4.78, 5) is 31.7. The predicted octanol–water partition coefficient (Wildman–Crippen LogP) is 3.95. The summed E-state index contributed by atoms with van der Waals surface area (Å²) >= 11 is 1.48. The highest BCUT2D eigenvalue weighted by molar-refractivity contribution is 7.18. The van der Waals surface area contributed by atoms with Gasteiger partial charge in [0.1, 0.15) is 5.82 Å². The summed E-state index contributed by atoms with van der Waals surface area (Å²) in [5.74, 6) is 0.500. The van der Waals surface area contributed by atoms with E-state index in [1.807, 2.05) is 53.9 Å². The van der Waals surface area contributed by atoms with Crippen molar-refractivity contribution in [2.24, 2.45) is 13.0 Å². The molecule has 10 heteroatoms. The molecular weight excluding hydrogens is 462 g/mol. The molecule has 1 aliphatic rings. The van der Waals surface area contributed by atoms with Gasteiger partial charge in [0.25, 0.3) is 5.91 Å². The second kappa shape index (κ2) is 9.75. The van der Waals surface area contributed by atoms with Crippen LogP contribution in [0.2, 0.25) is 0 Å². The number of amides is 3. The second-order valence-corrected chi connectivity index (χ2v) is 9.63. The van der Waals surface area contributed by atoms with Gasteiger partial charge in [0.2, 0.25) is 0 Å². The van der Waals surface area contributed by atoms with E-state index in [1.54, 1.807) is 17.1 Å². The Morgan fingerprint density at radius 2 is 1.94 bits per heavy atom. The maximum Gasteiger partial charge on any atom is 0.321 e. The summed E-state index contributed by atoms with van der Waals surface area (Å²) in [6.07, 6.45) is 7.09. The Bertz CT molecular complexity index is 1360. The molecule has 0 aliphatic carbocycles. The Balaban J connectivity index is 1.20. The van der Waals surface area contributed by atoms with Gasteiger partial charge < -0.3 is 21.3 Å². The van der Waals surface area contributed by atoms with Crippen molar-refractivity contribution < 1.29 is 9.59 Å². The Morgan fingerprint density at radius 3 is 2.66 bits per heavy atom. The van der Waals surface area contributed by atoms with Crippen LogP contribution < -0.4 is 16.4 Å². The molecule has 0 bridgehead atoms. The molecule has 0 radical (unpaired) electrons. The van der Waals surface area contributed by atoms with Gasteiger partial charge >= 0.3 is 6.03 Å². The fourth-order valence-corrected chi connectivity index (χ4v) is 5.49. The van der Waals surface area contributed by atoms with Crippen molar-refractivity contribution in [3.63, 3.8) is 0 Å². The van der Waals surface area contributed by atoms with Crippen LogP contribution in [-0.2, 0) is 7.05 Å². The monoisotopic (exact) mass is 489 g/mol. The van der Waals surface area contributed by atoms with E-state index in [-0.39, 0.29) is 11.9 Å². The SMILES string of the molecule is Cn1cc(-c2cnc(N)c3c(C(=O)NCC4CCN(C(=O)Nc5ccccc5)CC4)csc23)cn1. The van der Waals surface area contributed by atoms with E-state index >= 15 is 0 Å². The first-order chi connectivity index (χ1) is 17.0. The summed E-state index contributed by atoms with van der Waals surface area (Å²) in [7, 11) is 1.86. The number of fused-ring (bicyclic) bond motifs is 1. The van der Waals surface area contributed by atoms with Crippen LogP contribution in [0.15, 0.2) is 54.3 Å². The number of nitrogens with zero attached hydrogens (tertiary/aromatic N) is 4. The van der Waals surface area contributed by atoms with Crippen LogP contribution in [0.1, 0.15) is 23.2 Å². The zero-order chi connectivity index (χ0) is 24.4. The Kier molecular flexibility index (Phi) is 6.37. The van der Waals surface area contributed by atoms with Gasteiger partial charge in [0, 0.05) is 71.4 Å². The standard InChI is InChI=1S/C25H27N7O2S/c1-31-14-17(12-29-31)19-13-27-23(26)21-20(15-35-22(19)21)24(33)28-11-16-7-9-32(10-8-16)25(34)30-18-5-3-2-4-6-18/h2-6,12-16H,7-11H2,1H3,(H2,26,27)(H,28,33)(H,30,34). The fraction of sp³-hybridized carbons (Fsp3) is 0.280. The molecular formula is C25H27N7O2S. The number of hydrogen-bond donors (Lipinski definition) is 3. The van der Waals surface area contributed by atoms with Crippen molar-refractivity contribution >= 4 is 44.9 Å². The molecule has 5 rings (SSSR count). The minimum absolute atomic E-state index is 0.0872. The normalized spacial score (nSPS) is 14.3. The van der Waals surface area contributed by atoms with Gasteiger partial charge in [-0.15, -0.1) is 11.3 Å². The number of likely N-dealkylation sites (tertiary alicyclic amines) is 1. The molecule has 1 fully saturated rings. The van der Waals surface area contributed by atoms with E-state index in [9.17, 15) is 9.59 Å². The lowest BCUT2D eigenvalue weighted by molar-refractivity contribution is 0.0941. The van der Waals surface area contributed by atoms with E-state index in [0.29, 0.717) is 42.3 Å². The molecule has 9 nitrogen and oxygen atoms in total. The molecule has 4 heterocycles. The van der Waals surface area contributed by atoms with Crippen LogP contribution >= 0.6 is 11.3 Å². The molecule has 0 saturated carbocycles. The van der Waals surface area contributed by atoms with Gasteiger partial charge in [-0.2, -0.15) is 5.10 Å². The number of hydrogen-bond acceptors (Lipinski definition) is 6. The van der Waals surface area contributed by atoms with E-state index in [2.05, 4.69) is 20.7 Å². The maximum atomic E-state index is 13.1. The fourth-order valence-electron chi connectivity index (χ4n) is 4.40. The number of pyridine rings is 1. The quantitative estimate of drug-likeness (QED) is 0.392. The Morgan fingerprint density at radius 1 is 1.17 bits per heavy atom. The molecule has 1 aromatic carbocycles. The number of piperidine rings is 1. The second-order valence-electron chi connectivity index (χ2n) is 8.75. The molecule has 3 amide bonds. The minimum atomic E-state index is -0.155. The first kappa shape index (κ1) is 22.9. The number of nitrogens with one attached hydrogen (secondary N) is 2. The van der Waals surface area contributed by atoms with Gasteiger partial charge in [-0.25, -0.2) is 9.78 Å². The van der Waals surface area contributed by atoms with Gasteiger partial charge in [0.15, 0.2) is 0 Å². The smallest absolute Gasteiger partial charge is 0.321 e. The van der Waals surface area contributed by atoms with Crippen molar-refractivity contribution in [3.8, 4) is 11.1 Å². The Hall–Kier alpha value is -3.92. The van der Waals surface area contributed by atoms with Crippen molar-refractivity contribution in [2.45, 2.75) is 12.8 Å². The molecule has 0 spiro atoms. The number of nitrogen functional groups attached to an aromatic ring is 1. The first-order valence-electron chi connectivity index (χ1n) is 11.5. The first-order valence-corrected chi connectivity index (χ1v) is 12.4. The molecule has 3 aromatic heterocycles. The van der Waals surface area contributed by atoms with Crippen LogP contribution in [-0.4, -0.2) is 51.2 Å². The number of nitrogens with two attached hydrogens (primary N) is 1. The van der Waals surface area contributed by atoms with Crippen molar-refractivity contribution in [1.82, 2.24) is 25.0 Å². The predicted molar refractivity (Wildman–Crippen MR) is 138 cm³/mol. The molecule has 0 atom stereocenters. The van der Waals surface area contributed by atoms with Gasteiger partial charge in [0.05, 0.1) is 11.8 Å². The number of carbonyl (C=O) groups excluding carboxylic acids is 2. The average Bonchev–Trinajstić information content (AvgIpc) is 3.51. The topological polar surface area (TPSA) is 118 Å². The zero-order valence-corrected chi connectivity index (χ0v) is 20.2. The van der Waals surface area contributed by atoms with Crippen LogP contribution in [0.3, 0.4) is 0 Å². The number of thiophene rings is 1. The number of carbonyl (C=O) groups is 2. The molecule has 1 aliphatic heterocycles. The number of para-hydroxylation sites is 1. The molecule has 1 saturated heterocycles. The highest BCUT2D eigenvalue weighted by Gasteiger charge is 2.24. The van der Waals surface area contributed by atoms with E-state index in [4.69, 9.17) is 5.73 Å². The third-order valence-electron chi connectivity index (χ3n) is 6.36. The molecule has 4 aromatic rings. The van der Waals surface area contributed by atoms with E-state index in [1.165, 1.54) is 11.3 Å². The summed E-state index contributed by atoms with van der Waals surface area (Å²) in [5, 5.41) is 12.8. The lowest BCUT2D eigenvalue weighted by Crippen LogP contribution is -2.43. The van der Waals surface area contributed by atoms with Crippen LogP contribution in [0, 0.1) is 5.92 Å². The summed E-state index contributed by atoms with van der Waals surface area (Å²) < 4.78 is 2.66. The average molecular weight is 490 g/mol. The highest BCUT2D eigenvalue weighted by atomic mass is 32.1. The molecule has 35 heavy (non-hydrogen) atoms. The number of aromatic nitrogens is 3. The lowest BCUT2D eigenvalue weighted by atomic mass is 9.97. The van der Waals surface area contributed by atoms with Crippen LogP contribution in [0.25, 0.3) is 21.2 Å². The summed E-state index contributed by atoms with van der Waals surface area (Å²) in [6.45, 7) is 1.87. The molecule has 180 valence electrons. The van der Waals surface area contributed by atoms with Gasteiger partial charge in [-0.3, -0.25) is 9.48 Å². The number of rotatable bonds is 5. The summed E-state index contributed by atoms with van der Waals surface area (Å²) in [6, 6.07) is 9.36. The van der Waals surface area contributed by atoms with Gasteiger partial charge in [-0.1, -0.05) is 18.2 Å². The third kappa shape index (κ3) is 4.83. The number of urea groups is 1. The molecule has 4 N–H and O–H groups in total. The van der Waals surface area contributed by atoms with Crippen molar-refractivity contribution in [2.75, 3.05) is 30.7 Å². The van der Waals surface area contributed by atoms with Crippen LogP contribution in [0.5, 0.6) is 0 Å². The summed E-state index contributed by atoms with van der Waals surface area (Å²) in [5.41, 5.74) is 9.35. The van der Waals surface area contributed by atoms with Crippen molar-refractivity contribution in [3.05, 3.63) is 59.9 Å². The number of benzene rings is 1. The molecule has 0 unspecified atom stereocenters. The lowest BCUT2D eigenvalue weighted by Gasteiger charge is -2.32. The maximum absolute atomic E-state index is 13.1. The minimum Gasteiger partial charge on any atom is -0.383 e. The zero-order valence-electron chi connectivity index (χ0n) is 19.4. The third-order valence-corrected chi connectivity index (χ3v) is 7.38. The van der Waals surface area contributed by atoms with E-state index in [0.717, 1.165) is 34.4 Å².